The molecule has 106 valence electrons. The quantitative estimate of drug-likeness (QED) is 0.913. The molecule has 2 N–H and O–H groups in total. The number of carbonyl (C=O) groups excluding carboxylic acids is 1. The molecule has 1 fully saturated rings. The highest BCUT2D eigenvalue weighted by atomic mass is 35.5. The molecule has 20 heavy (non-hydrogen) atoms. The van der Waals surface area contributed by atoms with Gasteiger partial charge in [0.05, 0.1) is 10.6 Å². The molecule has 1 amide bonds. The number of rotatable bonds is 4. The SMILES string of the molecule is O=C1CCC(NC(c2ccco2)c2ccc(Cl)s2)CN1. The Hall–Kier alpha value is -1.30. The summed E-state index contributed by atoms with van der Waals surface area (Å²) in [7, 11) is 0. The zero-order valence-electron chi connectivity index (χ0n) is 10.8. The molecule has 2 unspecified atom stereocenters. The molecule has 3 rings (SSSR count). The Labute approximate surface area is 126 Å². The number of nitrogens with one attached hydrogen (secondary N) is 2. The maximum absolute atomic E-state index is 11.2. The maximum Gasteiger partial charge on any atom is 0.220 e. The Balaban J connectivity index is 1.78. The summed E-state index contributed by atoms with van der Waals surface area (Å²) < 4.78 is 6.30. The van der Waals surface area contributed by atoms with Gasteiger partial charge < -0.3 is 9.73 Å². The lowest BCUT2D eigenvalue weighted by atomic mass is 10.0. The van der Waals surface area contributed by atoms with E-state index in [1.165, 1.54) is 11.3 Å². The summed E-state index contributed by atoms with van der Waals surface area (Å²) in [5, 5.41) is 6.44. The van der Waals surface area contributed by atoms with Gasteiger partial charge in [-0.2, -0.15) is 0 Å². The molecule has 1 aliphatic rings. The van der Waals surface area contributed by atoms with E-state index < -0.39 is 0 Å². The molecule has 2 aromatic heterocycles. The molecule has 6 heteroatoms. The van der Waals surface area contributed by atoms with Gasteiger partial charge in [-0.3, -0.25) is 10.1 Å². The molecular weight excluding hydrogens is 296 g/mol. The van der Waals surface area contributed by atoms with Gasteiger partial charge in [-0.15, -0.1) is 11.3 Å². The normalized spacial score (nSPS) is 20.6. The van der Waals surface area contributed by atoms with Gasteiger partial charge in [0, 0.05) is 23.9 Å². The van der Waals surface area contributed by atoms with E-state index in [4.69, 9.17) is 16.0 Å². The van der Waals surface area contributed by atoms with Crippen molar-refractivity contribution in [2.45, 2.75) is 24.9 Å². The predicted molar refractivity (Wildman–Crippen MR) is 79.0 cm³/mol. The summed E-state index contributed by atoms with van der Waals surface area (Å²) in [4.78, 5) is 12.3. The Morgan fingerprint density at radius 2 is 2.35 bits per heavy atom. The van der Waals surface area contributed by atoms with Crippen LogP contribution in [0.2, 0.25) is 4.34 Å². The molecule has 2 aromatic rings. The Morgan fingerprint density at radius 1 is 1.45 bits per heavy atom. The first-order chi connectivity index (χ1) is 9.72. The molecule has 0 spiro atoms. The number of halogens is 1. The number of carbonyl (C=O) groups is 1. The van der Waals surface area contributed by atoms with Crippen molar-refractivity contribution >= 4 is 28.8 Å². The number of thiophene rings is 1. The largest absolute Gasteiger partial charge is 0.467 e. The number of piperidine rings is 1. The average Bonchev–Trinajstić information content (AvgIpc) is 3.09. The van der Waals surface area contributed by atoms with Gasteiger partial charge in [-0.05, 0) is 30.7 Å². The number of hydrogen-bond acceptors (Lipinski definition) is 4. The first kappa shape index (κ1) is 13.7. The third kappa shape index (κ3) is 3.06. The Bertz CT molecular complexity index is 572. The molecule has 0 saturated carbocycles. The van der Waals surface area contributed by atoms with Crippen LogP contribution in [-0.4, -0.2) is 18.5 Å². The predicted octanol–water partition coefficient (Wildman–Crippen LogP) is 2.95. The summed E-state index contributed by atoms with van der Waals surface area (Å²) in [5.41, 5.74) is 0. The average molecular weight is 311 g/mol. The standard InChI is InChI=1S/C14H15ClN2O2S/c15-12-5-4-11(20-12)14(10-2-1-7-19-10)17-9-3-6-13(18)16-8-9/h1-2,4-5,7,9,14,17H,3,6,8H2,(H,16,18). The van der Waals surface area contributed by atoms with Crippen molar-refractivity contribution in [1.82, 2.24) is 10.6 Å². The van der Waals surface area contributed by atoms with Crippen LogP contribution in [0.25, 0.3) is 0 Å². The van der Waals surface area contributed by atoms with Crippen LogP contribution >= 0.6 is 22.9 Å². The maximum atomic E-state index is 11.2. The fourth-order valence-electron chi connectivity index (χ4n) is 2.35. The van der Waals surface area contributed by atoms with E-state index in [1.807, 2.05) is 24.3 Å². The van der Waals surface area contributed by atoms with Crippen LogP contribution in [0, 0.1) is 0 Å². The van der Waals surface area contributed by atoms with Crippen molar-refractivity contribution in [3.63, 3.8) is 0 Å². The molecule has 0 aromatic carbocycles. The van der Waals surface area contributed by atoms with Crippen LogP contribution in [0.4, 0.5) is 0 Å². The third-order valence-electron chi connectivity index (χ3n) is 3.37. The summed E-state index contributed by atoms with van der Waals surface area (Å²) in [5.74, 6) is 0.984. The van der Waals surface area contributed by atoms with E-state index in [-0.39, 0.29) is 18.0 Å². The molecule has 1 saturated heterocycles. The topological polar surface area (TPSA) is 54.3 Å². The van der Waals surface area contributed by atoms with Gasteiger partial charge in [0.2, 0.25) is 5.91 Å². The van der Waals surface area contributed by atoms with Gasteiger partial charge >= 0.3 is 0 Å². The molecular formula is C14H15ClN2O2S. The summed E-state index contributed by atoms with van der Waals surface area (Å²) in [6.45, 7) is 0.648. The van der Waals surface area contributed by atoms with Crippen molar-refractivity contribution in [1.29, 1.82) is 0 Å². The second kappa shape index (κ2) is 5.99. The third-order valence-corrected chi connectivity index (χ3v) is 4.67. The van der Waals surface area contributed by atoms with Gasteiger partial charge in [-0.25, -0.2) is 0 Å². The lowest BCUT2D eigenvalue weighted by Crippen LogP contribution is -2.46. The van der Waals surface area contributed by atoms with Crippen LogP contribution in [0.5, 0.6) is 0 Å². The smallest absolute Gasteiger partial charge is 0.220 e. The highest BCUT2D eigenvalue weighted by Crippen LogP contribution is 2.32. The zero-order chi connectivity index (χ0) is 13.9. The molecule has 1 aliphatic heterocycles. The van der Waals surface area contributed by atoms with E-state index in [9.17, 15) is 4.79 Å². The second-order valence-corrected chi connectivity index (χ2v) is 6.54. The first-order valence-corrected chi connectivity index (χ1v) is 7.73. The van der Waals surface area contributed by atoms with Crippen LogP contribution in [0.15, 0.2) is 34.9 Å². The molecule has 0 radical (unpaired) electrons. The van der Waals surface area contributed by atoms with E-state index >= 15 is 0 Å². The van der Waals surface area contributed by atoms with Crippen molar-refractivity contribution < 1.29 is 9.21 Å². The highest BCUT2D eigenvalue weighted by Gasteiger charge is 2.25. The molecule has 0 aliphatic carbocycles. The molecule has 0 bridgehead atoms. The lowest BCUT2D eigenvalue weighted by Gasteiger charge is -2.27. The van der Waals surface area contributed by atoms with Crippen LogP contribution < -0.4 is 10.6 Å². The van der Waals surface area contributed by atoms with Crippen LogP contribution in [0.3, 0.4) is 0 Å². The van der Waals surface area contributed by atoms with Gasteiger partial charge in [0.15, 0.2) is 0 Å². The highest BCUT2D eigenvalue weighted by molar-refractivity contribution is 7.16. The summed E-state index contributed by atoms with van der Waals surface area (Å²) in [6, 6.07) is 7.94. The van der Waals surface area contributed by atoms with Gasteiger partial charge in [0.1, 0.15) is 11.8 Å². The van der Waals surface area contributed by atoms with E-state index in [0.717, 1.165) is 21.4 Å². The van der Waals surface area contributed by atoms with Crippen molar-refractivity contribution in [3.8, 4) is 0 Å². The molecule has 2 atom stereocenters. The minimum Gasteiger partial charge on any atom is -0.467 e. The lowest BCUT2D eigenvalue weighted by molar-refractivity contribution is -0.122. The van der Waals surface area contributed by atoms with Crippen molar-refractivity contribution in [2.24, 2.45) is 0 Å². The van der Waals surface area contributed by atoms with E-state index in [0.29, 0.717) is 13.0 Å². The fourth-order valence-corrected chi connectivity index (χ4v) is 3.48. The van der Waals surface area contributed by atoms with Crippen molar-refractivity contribution in [3.05, 3.63) is 45.5 Å². The van der Waals surface area contributed by atoms with E-state index in [1.54, 1.807) is 6.26 Å². The Kier molecular flexibility index (Phi) is 4.10. The summed E-state index contributed by atoms with van der Waals surface area (Å²) >= 11 is 7.57. The zero-order valence-corrected chi connectivity index (χ0v) is 12.3. The van der Waals surface area contributed by atoms with Crippen LogP contribution in [-0.2, 0) is 4.79 Å². The van der Waals surface area contributed by atoms with Crippen molar-refractivity contribution in [2.75, 3.05) is 6.54 Å². The molecule has 3 heterocycles. The minimum absolute atomic E-state index is 0.0255. The van der Waals surface area contributed by atoms with Gasteiger partial charge in [-0.1, -0.05) is 11.6 Å². The van der Waals surface area contributed by atoms with E-state index in [2.05, 4.69) is 10.6 Å². The fraction of sp³-hybridized carbons (Fsp3) is 0.357. The second-order valence-electron chi connectivity index (χ2n) is 4.80. The minimum atomic E-state index is -0.0255. The monoisotopic (exact) mass is 310 g/mol. The van der Waals surface area contributed by atoms with Crippen LogP contribution in [0.1, 0.15) is 29.5 Å². The Morgan fingerprint density at radius 3 is 2.95 bits per heavy atom. The molecule has 4 nitrogen and oxygen atoms in total. The number of furan rings is 1. The summed E-state index contributed by atoms with van der Waals surface area (Å²) in [6.07, 6.45) is 3.07. The number of hydrogen-bond donors (Lipinski definition) is 2. The van der Waals surface area contributed by atoms with Gasteiger partial charge in [0.25, 0.3) is 0 Å². The number of amides is 1. The first-order valence-electron chi connectivity index (χ1n) is 6.54.